The van der Waals surface area contributed by atoms with Crippen LogP contribution in [-0.2, 0) is 4.79 Å². The third-order valence-electron chi connectivity index (χ3n) is 2.79. The third-order valence-corrected chi connectivity index (χ3v) is 2.79. The van der Waals surface area contributed by atoms with Crippen molar-refractivity contribution in [3.05, 3.63) is 29.8 Å². The Bertz CT molecular complexity index is 363. The lowest BCUT2D eigenvalue weighted by Gasteiger charge is -2.11. The monoisotopic (exact) mass is 234 g/mol. The van der Waals surface area contributed by atoms with Gasteiger partial charge in [-0.25, -0.2) is 0 Å². The van der Waals surface area contributed by atoms with E-state index in [9.17, 15) is 4.79 Å². The van der Waals surface area contributed by atoms with Crippen LogP contribution >= 0.6 is 0 Å². The summed E-state index contributed by atoms with van der Waals surface area (Å²) in [5.41, 5.74) is 7.72. The molecule has 1 atom stereocenters. The number of carbonyl (C=O) groups is 1. The number of nitrogens with two attached hydrogens (primary N) is 1. The summed E-state index contributed by atoms with van der Waals surface area (Å²) < 4.78 is 0. The molecule has 0 aromatic heterocycles. The van der Waals surface area contributed by atoms with E-state index in [-0.39, 0.29) is 5.78 Å². The van der Waals surface area contributed by atoms with E-state index < -0.39 is 6.04 Å². The molecule has 94 valence electrons. The molecule has 1 unspecified atom stereocenters. The first-order valence-electron chi connectivity index (χ1n) is 6.25. The van der Waals surface area contributed by atoms with Crippen LogP contribution in [-0.4, -0.2) is 12.3 Å². The highest BCUT2D eigenvalue weighted by atomic mass is 16.1. The Morgan fingerprint density at radius 1 is 1.41 bits per heavy atom. The molecule has 0 aliphatic heterocycles. The van der Waals surface area contributed by atoms with Crippen molar-refractivity contribution in [2.75, 3.05) is 11.9 Å². The lowest BCUT2D eigenvalue weighted by atomic mass is 10.0. The van der Waals surface area contributed by atoms with Crippen molar-refractivity contribution in [3.8, 4) is 0 Å². The number of benzene rings is 1. The number of unbranched alkanes of at least 4 members (excludes halogenated alkanes) is 2. The van der Waals surface area contributed by atoms with Crippen LogP contribution in [0.5, 0.6) is 0 Å². The van der Waals surface area contributed by atoms with Crippen LogP contribution in [0.4, 0.5) is 5.69 Å². The number of hydrogen-bond donors (Lipinski definition) is 2. The fourth-order valence-corrected chi connectivity index (χ4v) is 1.68. The maximum atomic E-state index is 11.2. The molecule has 0 bridgehead atoms. The van der Waals surface area contributed by atoms with Gasteiger partial charge in [-0.3, -0.25) is 4.79 Å². The van der Waals surface area contributed by atoms with E-state index in [1.807, 2.05) is 24.3 Å². The van der Waals surface area contributed by atoms with Crippen molar-refractivity contribution in [3.63, 3.8) is 0 Å². The third kappa shape index (κ3) is 4.57. The van der Waals surface area contributed by atoms with Crippen molar-refractivity contribution in [1.82, 2.24) is 0 Å². The van der Waals surface area contributed by atoms with E-state index in [1.54, 1.807) is 0 Å². The molecule has 3 nitrogen and oxygen atoms in total. The lowest BCUT2D eigenvalue weighted by Crippen LogP contribution is -2.18. The normalized spacial score (nSPS) is 12.2. The predicted octanol–water partition coefficient (Wildman–Crippen LogP) is 2.88. The highest BCUT2D eigenvalue weighted by Gasteiger charge is 2.10. The second-order valence-corrected chi connectivity index (χ2v) is 4.35. The van der Waals surface area contributed by atoms with Gasteiger partial charge in [-0.2, -0.15) is 0 Å². The fraction of sp³-hybridized carbons (Fsp3) is 0.500. The topological polar surface area (TPSA) is 55.1 Å². The first kappa shape index (κ1) is 13.7. The number of rotatable bonds is 7. The van der Waals surface area contributed by atoms with Gasteiger partial charge in [0.1, 0.15) is 0 Å². The molecule has 0 spiro atoms. The molecule has 0 amide bonds. The Hall–Kier alpha value is -1.35. The van der Waals surface area contributed by atoms with Gasteiger partial charge in [0.2, 0.25) is 0 Å². The quantitative estimate of drug-likeness (QED) is 0.713. The van der Waals surface area contributed by atoms with Gasteiger partial charge in [-0.05, 0) is 31.0 Å². The van der Waals surface area contributed by atoms with E-state index >= 15 is 0 Å². The largest absolute Gasteiger partial charge is 0.385 e. The molecule has 0 radical (unpaired) electrons. The zero-order chi connectivity index (χ0) is 12.7. The average Bonchev–Trinajstić information content (AvgIpc) is 2.34. The van der Waals surface area contributed by atoms with Crippen LogP contribution in [0.25, 0.3) is 0 Å². The van der Waals surface area contributed by atoms with Gasteiger partial charge in [-0.15, -0.1) is 0 Å². The van der Waals surface area contributed by atoms with Gasteiger partial charge in [0.25, 0.3) is 0 Å². The summed E-state index contributed by atoms with van der Waals surface area (Å²) in [5, 5.41) is 3.35. The Morgan fingerprint density at radius 2 is 2.18 bits per heavy atom. The molecule has 1 rings (SSSR count). The van der Waals surface area contributed by atoms with Gasteiger partial charge in [0.15, 0.2) is 5.78 Å². The molecule has 1 aromatic rings. The standard InChI is InChI=1S/C14H22N2O/c1-3-4-5-9-16-13-8-6-7-12(10-13)14(15)11(2)17/h6-8,10,14,16H,3-5,9,15H2,1-2H3. The summed E-state index contributed by atoms with van der Waals surface area (Å²) in [6.45, 7) is 4.67. The second-order valence-electron chi connectivity index (χ2n) is 4.35. The highest BCUT2D eigenvalue weighted by molar-refractivity contribution is 5.82. The Kier molecular flexibility index (Phi) is 5.70. The fourth-order valence-electron chi connectivity index (χ4n) is 1.68. The van der Waals surface area contributed by atoms with Crippen LogP contribution < -0.4 is 11.1 Å². The van der Waals surface area contributed by atoms with E-state index in [0.717, 1.165) is 17.8 Å². The highest BCUT2D eigenvalue weighted by Crippen LogP contribution is 2.16. The summed E-state index contributed by atoms with van der Waals surface area (Å²) in [5.74, 6) is -0.00636. The Morgan fingerprint density at radius 3 is 2.82 bits per heavy atom. The molecule has 0 saturated carbocycles. The SMILES string of the molecule is CCCCCNc1cccc(C(N)C(C)=O)c1. The van der Waals surface area contributed by atoms with Crippen LogP contribution in [0, 0.1) is 0 Å². The van der Waals surface area contributed by atoms with Crippen LogP contribution in [0.2, 0.25) is 0 Å². The summed E-state index contributed by atoms with van der Waals surface area (Å²) in [6.07, 6.45) is 3.62. The van der Waals surface area contributed by atoms with Gasteiger partial charge in [-0.1, -0.05) is 31.9 Å². The van der Waals surface area contributed by atoms with Crippen molar-refractivity contribution in [2.24, 2.45) is 5.73 Å². The average molecular weight is 234 g/mol. The smallest absolute Gasteiger partial charge is 0.150 e. The molecule has 1 aromatic carbocycles. The number of hydrogen-bond acceptors (Lipinski definition) is 3. The predicted molar refractivity (Wildman–Crippen MR) is 72.1 cm³/mol. The number of Topliss-reactive ketones (excluding diaryl/α,β-unsaturated/α-hetero) is 1. The van der Waals surface area contributed by atoms with Crippen molar-refractivity contribution in [2.45, 2.75) is 39.2 Å². The molecule has 0 heterocycles. The Balaban J connectivity index is 2.56. The van der Waals surface area contributed by atoms with E-state index in [0.29, 0.717) is 0 Å². The van der Waals surface area contributed by atoms with E-state index in [4.69, 9.17) is 5.73 Å². The number of nitrogens with one attached hydrogen (secondary N) is 1. The number of anilines is 1. The summed E-state index contributed by atoms with van der Waals surface area (Å²) >= 11 is 0. The minimum Gasteiger partial charge on any atom is -0.385 e. The van der Waals surface area contributed by atoms with Crippen LogP contribution in [0.1, 0.15) is 44.7 Å². The Labute approximate surface area is 103 Å². The zero-order valence-electron chi connectivity index (χ0n) is 10.7. The molecular formula is C14H22N2O. The molecule has 0 aliphatic rings. The van der Waals surface area contributed by atoms with Crippen molar-refractivity contribution >= 4 is 11.5 Å². The number of ketones is 1. The minimum atomic E-state index is -0.507. The second kappa shape index (κ2) is 7.07. The van der Waals surface area contributed by atoms with Crippen molar-refractivity contribution < 1.29 is 4.79 Å². The molecular weight excluding hydrogens is 212 g/mol. The maximum absolute atomic E-state index is 11.2. The molecule has 3 N–H and O–H groups in total. The number of carbonyl (C=O) groups excluding carboxylic acids is 1. The summed E-state index contributed by atoms with van der Waals surface area (Å²) in [6, 6.07) is 7.27. The lowest BCUT2D eigenvalue weighted by molar-refractivity contribution is -0.118. The van der Waals surface area contributed by atoms with Gasteiger partial charge >= 0.3 is 0 Å². The van der Waals surface area contributed by atoms with Crippen LogP contribution in [0.3, 0.4) is 0 Å². The van der Waals surface area contributed by atoms with Gasteiger partial charge in [0, 0.05) is 12.2 Å². The first-order chi connectivity index (χ1) is 8.15. The van der Waals surface area contributed by atoms with Crippen LogP contribution in [0.15, 0.2) is 24.3 Å². The van der Waals surface area contributed by atoms with Crippen molar-refractivity contribution in [1.29, 1.82) is 0 Å². The zero-order valence-corrected chi connectivity index (χ0v) is 10.7. The van der Waals surface area contributed by atoms with E-state index in [1.165, 1.54) is 26.2 Å². The molecule has 0 aliphatic carbocycles. The molecule has 17 heavy (non-hydrogen) atoms. The summed E-state index contributed by atoms with van der Waals surface area (Å²) in [7, 11) is 0. The van der Waals surface area contributed by atoms with E-state index in [2.05, 4.69) is 12.2 Å². The summed E-state index contributed by atoms with van der Waals surface area (Å²) in [4.78, 5) is 11.2. The van der Waals surface area contributed by atoms with Gasteiger partial charge in [0.05, 0.1) is 6.04 Å². The van der Waals surface area contributed by atoms with Gasteiger partial charge < -0.3 is 11.1 Å². The molecule has 3 heteroatoms. The molecule has 0 fully saturated rings. The minimum absolute atomic E-state index is 0.00636. The first-order valence-corrected chi connectivity index (χ1v) is 6.25. The molecule has 0 saturated heterocycles. The maximum Gasteiger partial charge on any atom is 0.150 e.